The highest BCUT2D eigenvalue weighted by Crippen LogP contribution is 2.37. The van der Waals surface area contributed by atoms with Crippen LogP contribution in [0.4, 0.5) is 0 Å². The van der Waals surface area contributed by atoms with Gasteiger partial charge in [-0.25, -0.2) is 4.99 Å². The summed E-state index contributed by atoms with van der Waals surface area (Å²) in [6.45, 7) is 5.72. The number of nitrogens with zero attached hydrogens (tertiary/aromatic N) is 2. The minimum atomic E-state index is -0.416. The van der Waals surface area contributed by atoms with Gasteiger partial charge in [-0.1, -0.05) is 6.08 Å². The van der Waals surface area contributed by atoms with Gasteiger partial charge in [0.25, 0.3) is 0 Å². The van der Waals surface area contributed by atoms with Gasteiger partial charge in [0.2, 0.25) is 5.91 Å². The van der Waals surface area contributed by atoms with E-state index in [1.54, 1.807) is 20.2 Å². The first kappa shape index (κ1) is 20.2. The number of halogens is 1. The third-order valence-corrected chi connectivity index (χ3v) is 3.87. The van der Waals surface area contributed by atoms with E-state index in [2.05, 4.69) is 22.2 Å². The van der Waals surface area contributed by atoms with Gasteiger partial charge >= 0.3 is 0 Å². The zero-order chi connectivity index (χ0) is 16.0. The van der Waals surface area contributed by atoms with E-state index in [1.807, 2.05) is 0 Å². The van der Waals surface area contributed by atoms with Crippen molar-refractivity contribution in [3.63, 3.8) is 0 Å². The second kappa shape index (κ2) is 9.43. The molecule has 1 aliphatic carbocycles. The molecule has 1 heterocycles. The maximum atomic E-state index is 11.7. The summed E-state index contributed by atoms with van der Waals surface area (Å²) in [5.41, 5.74) is 0. The molecule has 0 aromatic carbocycles. The summed E-state index contributed by atoms with van der Waals surface area (Å²) in [5, 5.41) is 6.49. The fourth-order valence-electron chi connectivity index (χ4n) is 2.66. The van der Waals surface area contributed by atoms with Gasteiger partial charge in [-0.3, -0.25) is 4.79 Å². The van der Waals surface area contributed by atoms with Crippen molar-refractivity contribution in [3.8, 4) is 0 Å². The molecule has 1 unspecified atom stereocenters. The van der Waals surface area contributed by atoms with E-state index in [0.717, 1.165) is 19.3 Å². The zero-order valence-corrected chi connectivity index (χ0v) is 16.2. The minimum absolute atomic E-state index is 0. The normalized spacial score (nSPS) is 22.5. The Morgan fingerprint density at radius 1 is 1.43 bits per heavy atom. The Morgan fingerprint density at radius 3 is 2.74 bits per heavy atom. The van der Waals surface area contributed by atoms with Gasteiger partial charge in [-0.15, -0.1) is 30.6 Å². The highest BCUT2D eigenvalue weighted by molar-refractivity contribution is 14.0. The molecule has 1 amide bonds. The van der Waals surface area contributed by atoms with E-state index in [-0.39, 0.29) is 42.5 Å². The number of carbonyl (C=O) groups excluding carboxylic acids is 1. The monoisotopic (exact) mass is 438 g/mol. The maximum absolute atomic E-state index is 11.7. The molecule has 7 nitrogen and oxygen atoms in total. The summed E-state index contributed by atoms with van der Waals surface area (Å²) in [7, 11) is 3.44. The Balaban J connectivity index is 0.00000264. The van der Waals surface area contributed by atoms with Crippen LogP contribution < -0.4 is 10.6 Å². The van der Waals surface area contributed by atoms with Gasteiger partial charge in [0.15, 0.2) is 11.7 Å². The molecule has 0 radical (unpaired) electrons. The minimum Gasteiger partial charge on any atom is -0.353 e. The molecule has 132 valence electrons. The fraction of sp³-hybridized carbons (Fsp3) is 0.733. The highest BCUT2D eigenvalue weighted by Gasteiger charge is 2.44. The van der Waals surface area contributed by atoms with Crippen molar-refractivity contribution >= 4 is 35.8 Å². The number of nitrogens with one attached hydrogen (secondary N) is 2. The van der Waals surface area contributed by atoms with E-state index >= 15 is 0 Å². The highest BCUT2D eigenvalue weighted by atomic mass is 127. The molecule has 2 fully saturated rings. The van der Waals surface area contributed by atoms with Crippen LogP contribution in [-0.4, -0.2) is 69.0 Å². The molecule has 8 heteroatoms. The molecule has 1 saturated carbocycles. The summed E-state index contributed by atoms with van der Waals surface area (Å²) in [4.78, 5) is 17.5. The molecular formula is C15H27IN4O3. The lowest BCUT2D eigenvalue weighted by atomic mass is 10.2. The molecule has 0 bridgehead atoms. The van der Waals surface area contributed by atoms with Crippen molar-refractivity contribution < 1.29 is 14.3 Å². The van der Waals surface area contributed by atoms with Gasteiger partial charge in [0, 0.05) is 39.5 Å². The second-order valence-electron chi connectivity index (χ2n) is 5.81. The summed E-state index contributed by atoms with van der Waals surface area (Å²) in [6, 6.07) is 0.226. The average Bonchev–Trinajstić information content (AvgIpc) is 3.12. The lowest BCUT2D eigenvalue weighted by Crippen LogP contribution is -2.44. The molecule has 1 atom stereocenters. The number of ether oxygens (including phenoxy) is 2. The number of amides is 1. The van der Waals surface area contributed by atoms with Crippen molar-refractivity contribution in [1.29, 1.82) is 0 Å². The van der Waals surface area contributed by atoms with Crippen LogP contribution in [0.2, 0.25) is 0 Å². The molecular weight excluding hydrogens is 411 g/mol. The Morgan fingerprint density at radius 2 is 2.13 bits per heavy atom. The topological polar surface area (TPSA) is 75.2 Å². The summed E-state index contributed by atoms with van der Waals surface area (Å²) in [5.74, 6) is 0.168. The van der Waals surface area contributed by atoms with E-state index < -0.39 is 5.79 Å². The van der Waals surface area contributed by atoms with Gasteiger partial charge in [0.05, 0.1) is 13.2 Å². The molecule has 0 aromatic heterocycles. The Bertz CT molecular complexity index is 436. The Labute approximate surface area is 154 Å². The third kappa shape index (κ3) is 5.92. The predicted molar refractivity (Wildman–Crippen MR) is 100 cm³/mol. The smallest absolute Gasteiger partial charge is 0.243 e. The largest absolute Gasteiger partial charge is 0.353 e. The van der Waals surface area contributed by atoms with Gasteiger partial charge in [-0.2, -0.15) is 0 Å². The second-order valence-corrected chi connectivity index (χ2v) is 5.81. The lowest BCUT2D eigenvalue weighted by molar-refractivity contribution is -0.151. The summed E-state index contributed by atoms with van der Waals surface area (Å²) in [6.07, 6.45) is 4.39. The van der Waals surface area contributed by atoms with E-state index in [4.69, 9.17) is 9.47 Å². The van der Waals surface area contributed by atoms with Crippen LogP contribution in [0.15, 0.2) is 17.6 Å². The van der Waals surface area contributed by atoms with Crippen LogP contribution in [-0.2, 0) is 14.3 Å². The molecule has 1 spiro atoms. The lowest BCUT2D eigenvalue weighted by Gasteiger charge is -2.22. The first-order valence-corrected chi connectivity index (χ1v) is 7.68. The van der Waals surface area contributed by atoms with Crippen molar-refractivity contribution in [2.75, 3.05) is 40.4 Å². The molecule has 2 N–H and O–H groups in total. The van der Waals surface area contributed by atoms with Crippen LogP contribution >= 0.6 is 24.0 Å². The van der Waals surface area contributed by atoms with E-state index in [1.165, 1.54) is 4.90 Å². The first-order chi connectivity index (χ1) is 10.5. The molecule has 2 rings (SSSR count). The summed E-state index contributed by atoms with van der Waals surface area (Å²) >= 11 is 0. The van der Waals surface area contributed by atoms with Gasteiger partial charge in [-0.05, 0) is 6.42 Å². The number of rotatable bonds is 5. The van der Waals surface area contributed by atoms with Crippen LogP contribution in [0.1, 0.15) is 19.3 Å². The average molecular weight is 438 g/mol. The van der Waals surface area contributed by atoms with Crippen LogP contribution in [0.3, 0.4) is 0 Å². The maximum Gasteiger partial charge on any atom is 0.243 e. The molecule has 23 heavy (non-hydrogen) atoms. The first-order valence-electron chi connectivity index (χ1n) is 7.68. The molecule has 1 saturated heterocycles. The number of likely N-dealkylation sites (N-methyl/N-ethyl adjacent to an activating group) is 1. The SMILES string of the molecule is C=CCNC(=NCC(=O)N(C)C)NC1CCC2(C1)OCCO2.I. The molecule has 1 aliphatic heterocycles. The summed E-state index contributed by atoms with van der Waals surface area (Å²) < 4.78 is 11.4. The number of carbonyl (C=O) groups is 1. The third-order valence-electron chi connectivity index (χ3n) is 3.87. The van der Waals surface area contributed by atoms with E-state index in [9.17, 15) is 4.79 Å². The van der Waals surface area contributed by atoms with Crippen molar-refractivity contribution in [2.24, 2.45) is 4.99 Å². The van der Waals surface area contributed by atoms with Crippen molar-refractivity contribution in [1.82, 2.24) is 15.5 Å². The Hall–Kier alpha value is -0.870. The van der Waals surface area contributed by atoms with Crippen molar-refractivity contribution in [3.05, 3.63) is 12.7 Å². The standard InChI is InChI=1S/C15H26N4O3.HI/c1-4-7-16-14(17-11-13(20)19(2)3)18-12-5-6-15(10-12)21-8-9-22-15;/h4,12H,1,5-11H2,2-3H3,(H2,16,17,18);1H. The van der Waals surface area contributed by atoms with Crippen LogP contribution in [0.5, 0.6) is 0 Å². The Kier molecular flexibility index (Phi) is 8.27. The van der Waals surface area contributed by atoms with Crippen molar-refractivity contribution in [2.45, 2.75) is 31.1 Å². The number of hydrogen-bond acceptors (Lipinski definition) is 4. The van der Waals surface area contributed by atoms with E-state index in [0.29, 0.717) is 25.7 Å². The number of guanidine groups is 1. The van der Waals surface area contributed by atoms with Gasteiger partial charge in [0.1, 0.15) is 6.54 Å². The van der Waals surface area contributed by atoms with Gasteiger partial charge < -0.3 is 25.0 Å². The van der Waals surface area contributed by atoms with Crippen LogP contribution in [0.25, 0.3) is 0 Å². The fourth-order valence-corrected chi connectivity index (χ4v) is 2.66. The number of hydrogen-bond donors (Lipinski definition) is 2. The number of aliphatic imine (C=N–C) groups is 1. The molecule has 0 aromatic rings. The quantitative estimate of drug-likeness (QED) is 0.286. The zero-order valence-electron chi connectivity index (χ0n) is 13.8. The van der Waals surface area contributed by atoms with Crippen LogP contribution in [0, 0.1) is 0 Å². The molecule has 2 aliphatic rings. The predicted octanol–water partition coefficient (Wildman–Crippen LogP) is 0.709.